The van der Waals surface area contributed by atoms with E-state index in [1.807, 2.05) is 0 Å². The van der Waals surface area contributed by atoms with Gasteiger partial charge in [-0.05, 0) is 29.2 Å². The lowest BCUT2D eigenvalue weighted by Gasteiger charge is -2.14. The van der Waals surface area contributed by atoms with E-state index in [4.69, 9.17) is 5.84 Å². The van der Waals surface area contributed by atoms with Crippen molar-refractivity contribution in [2.45, 2.75) is 12.2 Å². The number of benzene rings is 1. The Balaban J connectivity index is 2.28. The zero-order chi connectivity index (χ0) is 13.2. The molecule has 1 aromatic heterocycles. The summed E-state index contributed by atoms with van der Waals surface area (Å²) < 4.78 is 40.9. The first-order valence-corrected chi connectivity index (χ1v) is 5.70. The fourth-order valence-corrected chi connectivity index (χ4v) is 2.10. The number of nitrogens with zero attached hydrogens (tertiary/aromatic N) is 2. The van der Waals surface area contributed by atoms with E-state index in [0.717, 1.165) is 28.5 Å². The maximum atomic E-state index is 12.4. The Morgan fingerprint density at radius 1 is 1.22 bits per heavy atom. The van der Waals surface area contributed by atoms with E-state index < -0.39 is 17.8 Å². The Bertz CT molecular complexity index is 495. The molecule has 0 saturated heterocycles. The van der Waals surface area contributed by atoms with Gasteiger partial charge in [-0.1, -0.05) is 16.6 Å². The van der Waals surface area contributed by atoms with Gasteiger partial charge in [0, 0.05) is 0 Å². The number of hydrogen-bond donors (Lipinski definition) is 2. The van der Waals surface area contributed by atoms with Crippen molar-refractivity contribution < 1.29 is 13.2 Å². The third-order valence-electron chi connectivity index (χ3n) is 2.40. The predicted molar refractivity (Wildman–Crippen MR) is 60.5 cm³/mol. The fourth-order valence-electron chi connectivity index (χ4n) is 1.51. The van der Waals surface area contributed by atoms with Crippen LogP contribution in [0, 0.1) is 0 Å². The number of hydrogen-bond acceptors (Lipinski definition) is 5. The number of rotatable bonds is 3. The maximum Gasteiger partial charge on any atom is 0.416 e. The molecule has 0 spiro atoms. The van der Waals surface area contributed by atoms with E-state index in [-0.39, 0.29) is 0 Å². The van der Waals surface area contributed by atoms with Gasteiger partial charge in [0.2, 0.25) is 0 Å². The molecule has 0 radical (unpaired) electrons. The molecule has 8 heteroatoms. The van der Waals surface area contributed by atoms with E-state index in [1.165, 1.54) is 18.3 Å². The number of halogens is 3. The minimum Gasteiger partial charge on any atom is -0.271 e. The van der Waals surface area contributed by atoms with Gasteiger partial charge < -0.3 is 0 Å². The van der Waals surface area contributed by atoms with E-state index in [0.29, 0.717) is 5.56 Å². The lowest BCUT2D eigenvalue weighted by molar-refractivity contribution is -0.137. The van der Waals surface area contributed by atoms with Gasteiger partial charge in [0.25, 0.3) is 0 Å². The molecule has 3 N–H and O–H groups in total. The van der Waals surface area contributed by atoms with Crippen LogP contribution in [0.1, 0.15) is 22.0 Å². The van der Waals surface area contributed by atoms with Gasteiger partial charge in [-0.25, -0.2) is 5.43 Å². The molecular formula is C10H9F3N4S. The normalized spacial score (nSPS) is 13.6. The molecule has 0 bridgehead atoms. The number of alkyl halides is 3. The van der Waals surface area contributed by atoms with Crippen LogP contribution in [0.3, 0.4) is 0 Å². The van der Waals surface area contributed by atoms with Gasteiger partial charge in [-0.3, -0.25) is 5.84 Å². The van der Waals surface area contributed by atoms with Crippen LogP contribution in [0.2, 0.25) is 0 Å². The summed E-state index contributed by atoms with van der Waals surface area (Å²) in [4.78, 5) is 0.734. The van der Waals surface area contributed by atoms with E-state index in [2.05, 4.69) is 15.0 Å². The number of aromatic nitrogens is 2. The summed E-state index contributed by atoms with van der Waals surface area (Å²) in [6.45, 7) is 0. The summed E-state index contributed by atoms with van der Waals surface area (Å²) in [7, 11) is 0. The van der Waals surface area contributed by atoms with Crippen LogP contribution < -0.4 is 11.3 Å². The average Bonchev–Trinajstić information content (AvgIpc) is 2.83. The molecule has 0 aliphatic heterocycles. The zero-order valence-electron chi connectivity index (χ0n) is 8.98. The Morgan fingerprint density at radius 3 is 2.33 bits per heavy atom. The van der Waals surface area contributed by atoms with Crippen molar-refractivity contribution in [3.8, 4) is 0 Å². The smallest absolute Gasteiger partial charge is 0.271 e. The highest BCUT2D eigenvalue weighted by molar-refractivity contribution is 7.05. The molecule has 0 amide bonds. The molecule has 0 fully saturated rings. The van der Waals surface area contributed by atoms with E-state index >= 15 is 0 Å². The fraction of sp³-hybridized carbons (Fsp3) is 0.200. The molecule has 4 nitrogen and oxygen atoms in total. The second-order valence-electron chi connectivity index (χ2n) is 3.54. The summed E-state index contributed by atoms with van der Waals surface area (Å²) >= 11 is 1.13. The second-order valence-corrected chi connectivity index (χ2v) is 4.36. The molecule has 96 valence electrons. The minimum atomic E-state index is -4.34. The quantitative estimate of drug-likeness (QED) is 0.664. The lowest BCUT2D eigenvalue weighted by atomic mass is 10.0. The summed E-state index contributed by atoms with van der Waals surface area (Å²) in [5, 5.41) is 3.67. The van der Waals surface area contributed by atoms with Gasteiger partial charge in [-0.2, -0.15) is 13.2 Å². The predicted octanol–water partition coefficient (Wildman–Crippen LogP) is 2.11. The van der Waals surface area contributed by atoms with Gasteiger partial charge in [0.05, 0.1) is 22.7 Å². The Hall–Kier alpha value is -1.51. The van der Waals surface area contributed by atoms with E-state index in [9.17, 15) is 13.2 Å². The third kappa shape index (κ3) is 2.66. The van der Waals surface area contributed by atoms with Gasteiger partial charge >= 0.3 is 6.18 Å². The van der Waals surface area contributed by atoms with Crippen LogP contribution in [-0.2, 0) is 6.18 Å². The maximum absolute atomic E-state index is 12.4. The molecule has 1 atom stereocenters. The Kier molecular flexibility index (Phi) is 3.60. The van der Waals surface area contributed by atoms with Crippen molar-refractivity contribution in [1.29, 1.82) is 0 Å². The largest absolute Gasteiger partial charge is 0.416 e. The summed E-state index contributed by atoms with van der Waals surface area (Å²) in [5.41, 5.74) is 2.46. The molecule has 1 heterocycles. The van der Waals surface area contributed by atoms with Gasteiger partial charge in [0.1, 0.15) is 0 Å². The van der Waals surface area contributed by atoms with Crippen molar-refractivity contribution >= 4 is 11.5 Å². The standard InChI is InChI=1S/C10H9F3N4S/c11-10(12,13)7-3-1-6(2-4-7)9(16-14)8-5-15-17-18-8/h1-5,9,16H,14H2. The summed E-state index contributed by atoms with van der Waals surface area (Å²) in [6.07, 6.45) is -2.82. The second kappa shape index (κ2) is 5.01. The van der Waals surface area contributed by atoms with Crippen LogP contribution in [0.15, 0.2) is 30.5 Å². The summed E-state index contributed by atoms with van der Waals surface area (Å²) in [5.74, 6) is 5.40. The molecular weight excluding hydrogens is 265 g/mol. The van der Waals surface area contributed by atoms with Crippen molar-refractivity contribution in [2.75, 3.05) is 0 Å². The average molecular weight is 274 g/mol. The van der Waals surface area contributed by atoms with Crippen LogP contribution in [0.4, 0.5) is 13.2 Å². The topological polar surface area (TPSA) is 63.8 Å². The number of nitrogens with one attached hydrogen (secondary N) is 1. The molecule has 2 rings (SSSR count). The first-order chi connectivity index (χ1) is 8.52. The first kappa shape index (κ1) is 12.9. The highest BCUT2D eigenvalue weighted by Gasteiger charge is 2.30. The first-order valence-electron chi connectivity index (χ1n) is 4.93. The van der Waals surface area contributed by atoms with E-state index in [1.54, 1.807) is 0 Å². The lowest BCUT2D eigenvalue weighted by Crippen LogP contribution is -2.28. The van der Waals surface area contributed by atoms with Crippen LogP contribution in [-0.4, -0.2) is 9.59 Å². The van der Waals surface area contributed by atoms with Gasteiger partial charge in [0.15, 0.2) is 0 Å². The van der Waals surface area contributed by atoms with Crippen LogP contribution in [0.5, 0.6) is 0 Å². The Morgan fingerprint density at radius 2 is 1.89 bits per heavy atom. The highest BCUT2D eigenvalue weighted by Crippen LogP contribution is 2.31. The Labute approximate surface area is 105 Å². The third-order valence-corrected chi connectivity index (χ3v) is 3.13. The molecule has 1 aromatic carbocycles. The van der Waals surface area contributed by atoms with Crippen molar-refractivity contribution in [3.05, 3.63) is 46.5 Å². The number of hydrazine groups is 1. The monoisotopic (exact) mass is 274 g/mol. The molecule has 0 saturated carbocycles. The van der Waals surface area contributed by atoms with Gasteiger partial charge in [-0.15, -0.1) is 5.10 Å². The van der Waals surface area contributed by atoms with Crippen molar-refractivity contribution in [2.24, 2.45) is 5.84 Å². The zero-order valence-corrected chi connectivity index (χ0v) is 9.79. The highest BCUT2D eigenvalue weighted by atomic mass is 32.1. The van der Waals surface area contributed by atoms with Crippen LogP contribution >= 0.6 is 11.5 Å². The molecule has 2 aromatic rings. The van der Waals surface area contributed by atoms with Crippen molar-refractivity contribution in [3.63, 3.8) is 0 Å². The van der Waals surface area contributed by atoms with Crippen molar-refractivity contribution in [1.82, 2.24) is 15.0 Å². The molecule has 0 aliphatic carbocycles. The van der Waals surface area contributed by atoms with Crippen LogP contribution in [0.25, 0.3) is 0 Å². The molecule has 18 heavy (non-hydrogen) atoms. The summed E-state index contributed by atoms with van der Waals surface area (Å²) in [6, 6.07) is 4.40. The molecule has 1 unspecified atom stereocenters. The minimum absolute atomic E-state index is 0.410. The number of nitrogens with two attached hydrogens (primary N) is 1. The SMILES string of the molecule is NNC(c1ccc(C(F)(F)F)cc1)c1cnns1. The molecule has 0 aliphatic rings.